The maximum Gasteiger partial charge on any atom is 0.380 e. The van der Waals surface area contributed by atoms with Gasteiger partial charge in [-0.3, -0.25) is 4.79 Å². The second-order valence-electron chi connectivity index (χ2n) is 5.10. The lowest BCUT2D eigenvalue weighted by Gasteiger charge is -2.15. The van der Waals surface area contributed by atoms with Gasteiger partial charge in [-0.25, -0.2) is 9.59 Å². The van der Waals surface area contributed by atoms with Gasteiger partial charge < -0.3 is 9.47 Å². The van der Waals surface area contributed by atoms with E-state index in [1.165, 1.54) is 0 Å². The zero-order valence-electron chi connectivity index (χ0n) is 13.3. The Bertz CT molecular complexity index is 694. The number of ether oxygens (including phenoxy) is 2. The molecule has 1 atom stereocenters. The van der Waals surface area contributed by atoms with Gasteiger partial charge in [0.1, 0.15) is 12.7 Å². The van der Waals surface area contributed by atoms with Crippen LogP contribution in [0.3, 0.4) is 0 Å². The van der Waals surface area contributed by atoms with Crippen molar-refractivity contribution in [3.05, 3.63) is 71.8 Å². The normalized spacial score (nSPS) is 11.4. The molecule has 5 heteroatoms. The van der Waals surface area contributed by atoms with E-state index in [9.17, 15) is 14.4 Å². The monoisotopic (exact) mass is 326 g/mol. The van der Waals surface area contributed by atoms with Crippen molar-refractivity contribution in [2.24, 2.45) is 0 Å². The maximum absolute atomic E-state index is 12.0. The summed E-state index contributed by atoms with van der Waals surface area (Å²) in [6, 6.07) is 16.7. The smallest absolute Gasteiger partial charge is 0.380 e. The van der Waals surface area contributed by atoms with Crippen LogP contribution in [-0.4, -0.2) is 30.4 Å². The number of carbonyl (C=O) groups excluding carboxylic acids is 3. The fourth-order valence-electron chi connectivity index (χ4n) is 1.97. The first-order valence-corrected chi connectivity index (χ1v) is 7.64. The molecular weight excluding hydrogens is 308 g/mol. The van der Waals surface area contributed by atoms with Crippen LogP contribution in [0.1, 0.15) is 34.1 Å². The van der Waals surface area contributed by atoms with Crippen molar-refractivity contribution in [2.45, 2.75) is 19.4 Å². The van der Waals surface area contributed by atoms with Crippen LogP contribution in [0.4, 0.5) is 0 Å². The van der Waals surface area contributed by atoms with Gasteiger partial charge in [-0.2, -0.15) is 0 Å². The van der Waals surface area contributed by atoms with Crippen molar-refractivity contribution in [3.8, 4) is 0 Å². The number of benzene rings is 2. The van der Waals surface area contributed by atoms with Gasteiger partial charge in [0.25, 0.3) is 5.78 Å². The summed E-state index contributed by atoms with van der Waals surface area (Å²) in [5.74, 6) is -2.17. The van der Waals surface area contributed by atoms with Gasteiger partial charge in [0.2, 0.25) is 0 Å². The molecule has 0 aliphatic carbocycles. The molecular formula is C19H18O5. The van der Waals surface area contributed by atoms with Gasteiger partial charge in [-0.1, -0.05) is 55.5 Å². The highest BCUT2D eigenvalue weighted by molar-refractivity contribution is 6.40. The van der Waals surface area contributed by atoms with Gasteiger partial charge in [0, 0.05) is 5.56 Å². The molecule has 5 nitrogen and oxygen atoms in total. The lowest BCUT2D eigenvalue weighted by Crippen LogP contribution is -2.28. The second-order valence-corrected chi connectivity index (χ2v) is 5.10. The molecule has 0 amide bonds. The summed E-state index contributed by atoms with van der Waals surface area (Å²) in [7, 11) is 0. The van der Waals surface area contributed by atoms with Crippen LogP contribution in [-0.2, 0) is 14.3 Å². The first-order chi connectivity index (χ1) is 11.6. The van der Waals surface area contributed by atoms with Crippen LogP contribution in [0.25, 0.3) is 0 Å². The Morgan fingerprint density at radius 1 is 0.875 bits per heavy atom. The van der Waals surface area contributed by atoms with E-state index in [-0.39, 0.29) is 12.2 Å². The van der Waals surface area contributed by atoms with Gasteiger partial charge in [0.05, 0.1) is 5.56 Å². The van der Waals surface area contributed by atoms with Gasteiger partial charge in [-0.05, 0) is 18.6 Å². The topological polar surface area (TPSA) is 69.7 Å². The van der Waals surface area contributed by atoms with Gasteiger partial charge in [-0.15, -0.1) is 0 Å². The Balaban J connectivity index is 1.89. The largest absolute Gasteiger partial charge is 0.458 e. The molecule has 0 saturated heterocycles. The quantitative estimate of drug-likeness (QED) is 0.444. The van der Waals surface area contributed by atoms with Crippen LogP contribution in [0.5, 0.6) is 0 Å². The van der Waals surface area contributed by atoms with Crippen molar-refractivity contribution in [2.75, 3.05) is 6.61 Å². The molecule has 0 heterocycles. The second kappa shape index (κ2) is 8.62. The lowest BCUT2D eigenvalue weighted by atomic mass is 10.1. The van der Waals surface area contributed by atoms with Crippen LogP contribution >= 0.6 is 0 Å². The zero-order valence-corrected chi connectivity index (χ0v) is 13.3. The molecule has 124 valence electrons. The van der Waals surface area contributed by atoms with Crippen LogP contribution in [0.15, 0.2) is 60.7 Å². The predicted molar refractivity (Wildman–Crippen MR) is 87.7 cm³/mol. The van der Waals surface area contributed by atoms with E-state index in [0.29, 0.717) is 12.0 Å². The molecule has 2 aromatic carbocycles. The molecule has 0 saturated carbocycles. The fourth-order valence-corrected chi connectivity index (χ4v) is 1.97. The molecule has 0 aliphatic heterocycles. The summed E-state index contributed by atoms with van der Waals surface area (Å²) < 4.78 is 10.3. The number of ketones is 1. The summed E-state index contributed by atoms with van der Waals surface area (Å²) in [5, 5.41) is 0. The van der Waals surface area contributed by atoms with Crippen molar-refractivity contribution >= 4 is 17.7 Å². The number of Topliss-reactive ketones (excluding diaryl/α,β-unsaturated/α-hetero) is 1. The van der Waals surface area contributed by atoms with Crippen molar-refractivity contribution in [1.82, 2.24) is 0 Å². The summed E-state index contributed by atoms with van der Waals surface area (Å²) in [5.41, 5.74) is 0.678. The highest BCUT2D eigenvalue weighted by Crippen LogP contribution is 2.07. The average molecular weight is 326 g/mol. The Morgan fingerprint density at radius 3 is 1.96 bits per heavy atom. The van der Waals surface area contributed by atoms with Crippen molar-refractivity contribution in [3.63, 3.8) is 0 Å². The van der Waals surface area contributed by atoms with Crippen molar-refractivity contribution < 1.29 is 23.9 Å². The number of esters is 2. The SMILES string of the molecule is CCC(COC(=O)c1ccccc1)OC(=O)C(=O)c1ccccc1. The predicted octanol–water partition coefficient (Wildman–Crippen LogP) is 3.05. The number of hydrogen-bond donors (Lipinski definition) is 0. The maximum atomic E-state index is 12.0. The molecule has 0 aliphatic rings. The minimum absolute atomic E-state index is 0.0992. The zero-order chi connectivity index (χ0) is 17.4. The van der Waals surface area contributed by atoms with E-state index >= 15 is 0 Å². The molecule has 24 heavy (non-hydrogen) atoms. The highest BCUT2D eigenvalue weighted by Gasteiger charge is 2.22. The molecule has 0 bridgehead atoms. The van der Waals surface area contributed by atoms with E-state index in [0.717, 1.165) is 0 Å². The highest BCUT2D eigenvalue weighted by atomic mass is 16.6. The molecule has 0 spiro atoms. The molecule has 2 rings (SSSR count). The molecule has 1 unspecified atom stereocenters. The third-order valence-corrected chi connectivity index (χ3v) is 3.36. The molecule has 0 fully saturated rings. The minimum atomic E-state index is -0.955. The van der Waals surface area contributed by atoms with Gasteiger partial charge >= 0.3 is 11.9 Å². The number of hydrogen-bond acceptors (Lipinski definition) is 5. The van der Waals surface area contributed by atoms with E-state index in [1.54, 1.807) is 67.6 Å². The molecule has 0 N–H and O–H groups in total. The number of carbonyl (C=O) groups is 3. The molecule has 2 aromatic rings. The van der Waals surface area contributed by atoms with Gasteiger partial charge in [0.15, 0.2) is 0 Å². The fraction of sp³-hybridized carbons (Fsp3) is 0.211. The Hall–Kier alpha value is -2.95. The first kappa shape index (κ1) is 17.4. The summed E-state index contributed by atoms with van der Waals surface area (Å²) in [4.78, 5) is 35.8. The summed E-state index contributed by atoms with van der Waals surface area (Å²) >= 11 is 0. The summed E-state index contributed by atoms with van der Waals surface area (Å²) in [6.45, 7) is 1.68. The Morgan fingerprint density at radius 2 is 1.42 bits per heavy atom. The lowest BCUT2D eigenvalue weighted by molar-refractivity contribution is -0.145. The van der Waals surface area contributed by atoms with E-state index in [4.69, 9.17) is 9.47 Å². The van der Waals surface area contributed by atoms with E-state index < -0.39 is 23.8 Å². The number of rotatable bonds is 7. The first-order valence-electron chi connectivity index (χ1n) is 7.64. The standard InChI is InChI=1S/C19H18O5/c1-2-16(13-23-18(21)15-11-7-4-8-12-15)24-19(22)17(20)14-9-5-3-6-10-14/h3-12,16H,2,13H2,1H3. The molecule has 0 radical (unpaired) electrons. The van der Waals surface area contributed by atoms with Crippen LogP contribution < -0.4 is 0 Å². The minimum Gasteiger partial charge on any atom is -0.458 e. The summed E-state index contributed by atoms with van der Waals surface area (Å²) in [6.07, 6.45) is -0.242. The van der Waals surface area contributed by atoms with Crippen LogP contribution in [0, 0.1) is 0 Å². The average Bonchev–Trinajstić information content (AvgIpc) is 2.65. The molecule has 0 aromatic heterocycles. The Kier molecular flexibility index (Phi) is 6.25. The van der Waals surface area contributed by atoms with E-state index in [2.05, 4.69) is 0 Å². The Labute approximate surface area is 140 Å². The van der Waals surface area contributed by atoms with E-state index in [1.807, 2.05) is 0 Å². The van der Waals surface area contributed by atoms with Crippen LogP contribution in [0.2, 0.25) is 0 Å². The van der Waals surface area contributed by atoms with Crippen molar-refractivity contribution in [1.29, 1.82) is 0 Å². The third kappa shape index (κ3) is 4.78. The third-order valence-electron chi connectivity index (χ3n) is 3.36.